The summed E-state index contributed by atoms with van der Waals surface area (Å²) < 4.78 is 0. The average Bonchev–Trinajstić information content (AvgIpc) is 2.61. The van der Waals surface area contributed by atoms with Gasteiger partial charge in [-0.2, -0.15) is 0 Å². The highest BCUT2D eigenvalue weighted by molar-refractivity contribution is 7.98. The Morgan fingerprint density at radius 3 is 2.35 bits per heavy atom. The third kappa shape index (κ3) is 4.00. The molecule has 120 valence electrons. The molecule has 1 saturated heterocycles. The van der Waals surface area contributed by atoms with E-state index in [2.05, 4.69) is 46.4 Å². The van der Waals surface area contributed by atoms with Gasteiger partial charge in [0.25, 0.3) is 0 Å². The van der Waals surface area contributed by atoms with Crippen LogP contribution in [0.3, 0.4) is 0 Å². The normalized spacial score (nSPS) is 14.9. The van der Waals surface area contributed by atoms with Crippen LogP contribution in [0, 0.1) is 0 Å². The lowest BCUT2D eigenvalue weighted by molar-refractivity contribution is 0.392. The number of nitrogens with zero attached hydrogens (tertiary/aromatic N) is 2. The van der Waals surface area contributed by atoms with Crippen molar-refractivity contribution in [3.8, 4) is 0 Å². The fourth-order valence-electron chi connectivity index (χ4n) is 2.76. The Morgan fingerprint density at radius 1 is 1.04 bits per heavy atom. The van der Waals surface area contributed by atoms with Gasteiger partial charge >= 0.3 is 0 Å². The summed E-state index contributed by atoms with van der Waals surface area (Å²) >= 11 is 13.5. The summed E-state index contributed by atoms with van der Waals surface area (Å²) in [6, 6.07) is 16.6. The molecule has 2 aromatic rings. The zero-order valence-electron chi connectivity index (χ0n) is 13.0. The van der Waals surface area contributed by atoms with Crippen molar-refractivity contribution in [3.63, 3.8) is 0 Å². The van der Waals surface area contributed by atoms with Gasteiger partial charge in [-0.3, -0.25) is 0 Å². The van der Waals surface area contributed by atoms with E-state index < -0.39 is 0 Å². The van der Waals surface area contributed by atoms with Gasteiger partial charge in [0.05, 0.1) is 0 Å². The number of hydrogen-bond donors (Lipinski definition) is 0. The van der Waals surface area contributed by atoms with Crippen LogP contribution in [-0.4, -0.2) is 42.3 Å². The first-order valence-corrected chi connectivity index (χ1v) is 9.62. The van der Waals surface area contributed by atoms with Crippen molar-refractivity contribution in [1.29, 1.82) is 0 Å². The summed E-state index contributed by atoms with van der Waals surface area (Å²) in [7, 11) is 0. The molecule has 1 fully saturated rings. The monoisotopic (exact) mass is 362 g/mol. The molecule has 0 bridgehead atoms. The quantitative estimate of drug-likeness (QED) is 0.583. The third-order valence-electron chi connectivity index (χ3n) is 4.08. The van der Waals surface area contributed by atoms with Crippen LogP contribution in [0.2, 0.25) is 5.02 Å². The molecule has 0 spiro atoms. The Balaban J connectivity index is 1.62. The lowest BCUT2D eigenvalue weighted by Crippen LogP contribution is -2.48. The molecule has 0 aromatic heterocycles. The molecule has 0 atom stereocenters. The minimum absolute atomic E-state index is 0.786. The van der Waals surface area contributed by atoms with E-state index in [0.717, 1.165) is 41.8 Å². The van der Waals surface area contributed by atoms with Crippen molar-refractivity contribution in [2.75, 3.05) is 37.3 Å². The van der Waals surface area contributed by atoms with Crippen molar-refractivity contribution in [2.45, 2.75) is 4.90 Å². The zero-order chi connectivity index (χ0) is 16.2. The van der Waals surface area contributed by atoms with Gasteiger partial charge in [0, 0.05) is 47.3 Å². The van der Waals surface area contributed by atoms with Crippen LogP contribution >= 0.6 is 35.6 Å². The number of rotatable bonds is 3. The minimum Gasteiger partial charge on any atom is -0.368 e. The van der Waals surface area contributed by atoms with E-state index in [9.17, 15) is 0 Å². The first kappa shape index (κ1) is 16.6. The van der Waals surface area contributed by atoms with E-state index in [0.29, 0.717) is 0 Å². The van der Waals surface area contributed by atoms with E-state index >= 15 is 0 Å². The number of halogens is 1. The predicted molar refractivity (Wildman–Crippen MR) is 105 cm³/mol. The smallest absolute Gasteiger partial charge is 0.109 e. The number of piperazine rings is 1. The molecule has 0 amide bonds. The molecule has 2 nitrogen and oxygen atoms in total. The molecule has 0 saturated carbocycles. The van der Waals surface area contributed by atoms with Gasteiger partial charge in [-0.15, -0.1) is 11.8 Å². The van der Waals surface area contributed by atoms with Crippen LogP contribution in [0.15, 0.2) is 53.4 Å². The van der Waals surface area contributed by atoms with Crippen LogP contribution in [0.5, 0.6) is 0 Å². The van der Waals surface area contributed by atoms with E-state index in [1.165, 1.54) is 10.6 Å². The topological polar surface area (TPSA) is 6.48 Å². The molecule has 0 aliphatic carbocycles. The standard InChI is InChI=1S/C18H19ClN2S2/c1-23-17-7-5-14(6-8-17)18(22)21-11-9-20(10-12-21)16-4-2-3-15(19)13-16/h2-8,13H,9-12H2,1H3. The van der Waals surface area contributed by atoms with Gasteiger partial charge in [0.1, 0.15) is 4.99 Å². The molecule has 1 heterocycles. The van der Waals surface area contributed by atoms with Gasteiger partial charge in [0.2, 0.25) is 0 Å². The molecule has 5 heteroatoms. The fraction of sp³-hybridized carbons (Fsp3) is 0.278. The maximum Gasteiger partial charge on any atom is 0.109 e. The molecule has 0 unspecified atom stereocenters. The molecule has 2 aromatic carbocycles. The van der Waals surface area contributed by atoms with E-state index in [1.54, 1.807) is 11.8 Å². The maximum atomic E-state index is 6.09. The highest BCUT2D eigenvalue weighted by Crippen LogP contribution is 2.22. The predicted octanol–water partition coefficient (Wildman–Crippen LogP) is 4.56. The summed E-state index contributed by atoms with van der Waals surface area (Å²) in [5, 5.41) is 0.786. The van der Waals surface area contributed by atoms with Crippen molar-refractivity contribution >= 4 is 46.3 Å². The number of hydrogen-bond acceptors (Lipinski definition) is 3. The van der Waals surface area contributed by atoms with Crippen molar-refractivity contribution in [3.05, 3.63) is 59.1 Å². The number of thiocarbonyl (C=S) groups is 1. The van der Waals surface area contributed by atoms with Crippen molar-refractivity contribution < 1.29 is 0 Å². The Hall–Kier alpha value is -1.23. The molecule has 3 rings (SSSR count). The van der Waals surface area contributed by atoms with Gasteiger partial charge in [-0.25, -0.2) is 0 Å². The van der Waals surface area contributed by atoms with Crippen LogP contribution in [-0.2, 0) is 0 Å². The number of benzene rings is 2. The Kier molecular flexibility index (Phi) is 5.46. The van der Waals surface area contributed by atoms with Crippen molar-refractivity contribution in [2.24, 2.45) is 0 Å². The van der Waals surface area contributed by atoms with Crippen molar-refractivity contribution in [1.82, 2.24) is 4.90 Å². The zero-order valence-corrected chi connectivity index (χ0v) is 15.4. The highest BCUT2D eigenvalue weighted by Gasteiger charge is 2.20. The van der Waals surface area contributed by atoms with Crippen LogP contribution in [0.1, 0.15) is 5.56 Å². The second-order valence-electron chi connectivity index (χ2n) is 5.49. The second-order valence-corrected chi connectivity index (χ2v) is 7.19. The van der Waals surface area contributed by atoms with Gasteiger partial charge in [0.15, 0.2) is 0 Å². The summed E-state index contributed by atoms with van der Waals surface area (Å²) in [4.78, 5) is 6.87. The van der Waals surface area contributed by atoms with E-state index in [1.807, 2.05) is 18.2 Å². The summed E-state index contributed by atoms with van der Waals surface area (Å²) in [5.74, 6) is 0. The molecular weight excluding hydrogens is 344 g/mol. The van der Waals surface area contributed by atoms with E-state index in [-0.39, 0.29) is 0 Å². The Morgan fingerprint density at radius 2 is 1.74 bits per heavy atom. The van der Waals surface area contributed by atoms with Crippen LogP contribution in [0.25, 0.3) is 0 Å². The number of thioether (sulfide) groups is 1. The molecule has 1 aliphatic rings. The molecule has 0 radical (unpaired) electrons. The molecular formula is C18H19ClN2S2. The minimum atomic E-state index is 0.786. The van der Waals surface area contributed by atoms with Gasteiger partial charge in [-0.05, 0) is 36.6 Å². The lowest BCUT2D eigenvalue weighted by atomic mass is 10.2. The Bertz CT molecular complexity index is 680. The Labute approximate surface area is 152 Å². The van der Waals surface area contributed by atoms with Gasteiger partial charge in [-0.1, -0.05) is 42.0 Å². The first-order chi connectivity index (χ1) is 11.2. The van der Waals surface area contributed by atoms with Crippen LogP contribution in [0.4, 0.5) is 5.69 Å². The van der Waals surface area contributed by atoms with Crippen LogP contribution < -0.4 is 4.90 Å². The number of anilines is 1. The van der Waals surface area contributed by atoms with Gasteiger partial charge < -0.3 is 9.80 Å². The SMILES string of the molecule is CSc1ccc(C(=S)N2CCN(c3cccc(Cl)c3)CC2)cc1. The third-order valence-corrected chi connectivity index (χ3v) is 5.55. The highest BCUT2D eigenvalue weighted by atomic mass is 35.5. The average molecular weight is 363 g/mol. The lowest BCUT2D eigenvalue weighted by Gasteiger charge is -2.37. The largest absolute Gasteiger partial charge is 0.368 e. The second kappa shape index (κ2) is 7.56. The molecule has 0 N–H and O–H groups in total. The first-order valence-electron chi connectivity index (χ1n) is 7.61. The molecule has 1 aliphatic heterocycles. The van der Waals surface area contributed by atoms with E-state index in [4.69, 9.17) is 23.8 Å². The summed E-state index contributed by atoms with van der Waals surface area (Å²) in [6.07, 6.45) is 2.09. The summed E-state index contributed by atoms with van der Waals surface area (Å²) in [5.41, 5.74) is 2.32. The summed E-state index contributed by atoms with van der Waals surface area (Å²) in [6.45, 7) is 3.80. The molecule has 23 heavy (non-hydrogen) atoms. The maximum absolute atomic E-state index is 6.09. The fourth-order valence-corrected chi connectivity index (χ4v) is 3.67.